The van der Waals surface area contributed by atoms with Crippen LogP contribution in [0.2, 0.25) is 0 Å². The molecule has 2 aromatic rings. The van der Waals surface area contributed by atoms with Crippen molar-refractivity contribution in [3.8, 4) is 6.07 Å². The van der Waals surface area contributed by atoms with E-state index in [1.165, 1.54) is 18.1 Å². The number of nitrogens with zero attached hydrogens (tertiary/aromatic N) is 1. The minimum absolute atomic E-state index is 0.265. The molecule has 0 saturated heterocycles. The van der Waals surface area contributed by atoms with Crippen LogP contribution in [0.3, 0.4) is 0 Å². The van der Waals surface area contributed by atoms with Crippen molar-refractivity contribution in [2.24, 2.45) is 5.92 Å². The molecule has 1 aromatic heterocycles. The Labute approximate surface area is 174 Å². The summed E-state index contributed by atoms with van der Waals surface area (Å²) in [6.07, 6.45) is 6.20. The number of hydrogen-bond donors (Lipinski definition) is 1. The molecule has 6 heteroatoms. The number of aryl methyl sites for hydroxylation is 1. The number of ketones is 1. The molecule has 2 atom stereocenters. The lowest BCUT2D eigenvalue weighted by Crippen LogP contribution is -2.34. The standard InChI is InChI=1S/C23H22N2O3S/c1-28-23(27)21-17(14-7-3-2-4-8-14)11-15(12-19(21)26)25-22-18(13-24)16-9-5-6-10-20(16)29-22/h2-4,7-8,12,17,21,25H,5-6,9-11H2,1H3/t17-,21+/m1/s1. The summed E-state index contributed by atoms with van der Waals surface area (Å²) in [6, 6.07) is 11.9. The van der Waals surface area contributed by atoms with Crippen molar-refractivity contribution < 1.29 is 14.3 Å². The molecule has 5 nitrogen and oxygen atoms in total. The van der Waals surface area contributed by atoms with Gasteiger partial charge in [0.15, 0.2) is 5.78 Å². The Balaban J connectivity index is 1.67. The van der Waals surface area contributed by atoms with Crippen molar-refractivity contribution in [3.63, 3.8) is 0 Å². The fraction of sp³-hybridized carbons (Fsp3) is 0.348. The van der Waals surface area contributed by atoms with Gasteiger partial charge in [0.1, 0.15) is 17.0 Å². The van der Waals surface area contributed by atoms with Gasteiger partial charge < -0.3 is 10.1 Å². The van der Waals surface area contributed by atoms with Gasteiger partial charge in [-0.2, -0.15) is 5.26 Å². The van der Waals surface area contributed by atoms with E-state index < -0.39 is 11.9 Å². The molecule has 2 aliphatic rings. The quantitative estimate of drug-likeness (QED) is 0.604. The highest BCUT2D eigenvalue weighted by Gasteiger charge is 2.39. The van der Waals surface area contributed by atoms with Gasteiger partial charge in [0.25, 0.3) is 0 Å². The Kier molecular flexibility index (Phi) is 5.50. The third kappa shape index (κ3) is 3.70. The fourth-order valence-electron chi connectivity index (χ4n) is 4.30. The maximum atomic E-state index is 12.8. The second-order valence-corrected chi connectivity index (χ2v) is 8.55. The summed E-state index contributed by atoms with van der Waals surface area (Å²) in [6.45, 7) is 0. The lowest BCUT2D eigenvalue weighted by Gasteiger charge is -2.29. The predicted molar refractivity (Wildman–Crippen MR) is 112 cm³/mol. The van der Waals surface area contributed by atoms with Crippen LogP contribution in [-0.2, 0) is 27.2 Å². The Morgan fingerprint density at radius 2 is 2.00 bits per heavy atom. The zero-order valence-corrected chi connectivity index (χ0v) is 17.1. The average molecular weight is 407 g/mol. The largest absolute Gasteiger partial charge is 0.468 e. The topological polar surface area (TPSA) is 79.2 Å². The van der Waals surface area contributed by atoms with E-state index in [4.69, 9.17) is 4.74 Å². The number of nitriles is 1. The Hall–Kier alpha value is -2.91. The average Bonchev–Trinajstić information content (AvgIpc) is 3.10. The van der Waals surface area contributed by atoms with E-state index in [9.17, 15) is 14.9 Å². The molecule has 0 saturated carbocycles. The number of carbonyl (C=O) groups is 2. The van der Waals surface area contributed by atoms with Crippen molar-refractivity contribution in [1.82, 2.24) is 0 Å². The van der Waals surface area contributed by atoms with Crippen molar-refractivity contribution in [1.29, 1.82) is 5.26 Å². The number of benzene rings is 1. The molecule has 0 fully saturated rings. The van der Waals surface area contributed by atoms with E-state index in [0.29, 0.717) is 12.0 Å². The molecule has 148 valence electrons. The van der Waals surface area contributed by atoms with Gasteiger partial charge in [0, 0.05) is 22.6 Å². The number of ether oxygens (including phenoxy) is 1. The smallest absolute Gasteiger partial charge is 0.317 e. The molecule has 0 spiro atoms. The zero-order valence-electron chi connectivity index (χ0n) is 16.2. The number of methoxy groups -OCH3 is 1. The van der Waals surface area contributed by atoms with Crippen molar-refractivity contribution >= 4 is 28.1 Å². The van der Waals surface area contributed by atoms with Crippen LogP contribution in [0, 0.1) is 17.2 Å². The second-order valence-electron chi connectivity index (χ2n) is 7.45. The molecule has 1 N–H and O–H groups in total. The van der Waals surface area contributed by atoms with E-state index in [2.05, 4.69) is 11.4 Å². The van der Waals surface area contributed by atoms with Gasteiger partial charge in [0.05, 0.1) is 12.7 Å². The molecule has 29 heavy (non-hydrogen) atoms. The van der Waals surface area contributed by atoms with E-state index >= 15 is 0 Å². The van der Waals surface area contributed by atoms with Crippen molar-refractivity contribution in [3.05, 3.63) is 63.7 Å². The van der Waals surface area contributed by atoms with Gasteiger partial charge in [-0.3, -0.25) is 9.59 Å². The first-order chi connectivity index (χ1) is 14.1. The van der Waals surface area contributed by atoms with E-state index in [-0.39, 0.29) is 11.7 Å². The first-order valence-corrected chi connectivity index (χ1v) is 10.6. The summed E-state index contributed by atoms with van der Waals surface area (Å²) in [5, 5.41) is 13.8. The molecule has 0 aliphatic heterocycles. The summed E-state index contributed by atoms with van der Waals surface area (Å²) in [5.74, 6) is -1.92. The summed E-state index contributed by atoms with van der Waals surface area (Å²) in [4.78, 5) is 26.4. The molecule has 0 unspecified atom stereocenters. The van der Waals surface area contributed by atoms with Crippen molar-refractivity contribution in [2.75, 3.05) is 12.4 Å². The molecule has 1 aromatic carbocycles. The lowest BCUT2D eigenvalue weighted by atomic mass is 9.76. The highest BCUT2D eigenvalue weighted by Crippen LogP contribution is 2.41. The van der Waals surface area contributed by atoms with E-state index in [0.717, 1.165) is 47.5 Å². The number of nitrogens with one attached hydrogen (secondary N) is 1. The van der Waals surface area contributed by atoms with Crippen LogP contribution < -0.4 is 5.32 Å². The Bertz CT molecular complexity index is 1020. The summed E-state index contributed by atoms with van der Waals surface area (Å²) >= 11 is 1.61. The van der Waals surface area contributed by atoms with E-state index in [1.54, 1.807) is 11.3 Å². The number of carbonyl (C=O) groups excluding carboxylic acids is 2. The Morgan fingerprint density at radius 3 is 2.72 bits per heavy atom. The van der Waals surface area contributed by atoms with Crippen LogP contribution in [-0.4, -0.2) is 18.9 Å². The lowest BCUT2D eigenvalue weighted by molar-refractivity contribution is -0.149. The monoisotopic (exact) mass is 406 g/mol. The maximum absolute atomic E-state index is 12.8. The van der Waals surface area contributed by atoms with Crippen molar-refractivity contribution in [2.45, 2.75) is 38.0 Å². The molecule has 0 bridgehead atoms. The summed E-state index contributed by atoms with van der Waals surface area (Å²) in [5.41, 5.74) is 3.51. The zero-order chi connectivity index (χ0) is 20.4. The third-order valence-electron chi connectivity index (χ3n) is 5.71. The van der Waals surface area contributed by atoms with Gasteiger partial charge in [-0.05, 0) is 43.2 Å². The molecule has 0 amide bonds. The molecule has 4 rings (SSSR count). The SMILES string of the molecule is COC(=O)[C@@H]1C(=O)C=C(Nc2sc3c(c2C#N)CCCC3)C[C@@H]1c1ccccc1. The van der Waals surface area contributed by atoms with Crippen LogP contribution in [0.1, 0.15) is 46.7 Å². The number of allylic oxidation sites excluding steroid dienone is 2. The Morgan fingerprint density at radius 1 is 1.24 bits per heavy atom. The number of esters is 1. The predicted octanol–water partition coefficient (Wildman–Crippen LogP) is 4.34. The van der Waals surface area contributed by atoms with Gasteiger partial charge in [0.2, 0.25) is 0 Å². The van der Waals surface area contributed by atoms with Crippen LogP contribution in [0.25, 0.3) is 0 Å². The number of fused-ring (bicyclic) bond motifs is 1. The van der Waals surface area contributed by atoms with Crippen LogP contribution in [0.4, 0.5) is 5.00 Å². The summed E-state index contributed by atoms with van der Waals surface area (Å²) < 4.78 is 4.91. The van der Waals surface area contributed by atoms with Crippen LogP contribution >= 0.6 is 11.3 Å². The fourth-order valence-corrected chi connectivity index (χ4v) is 5.57. The number of rotatable bonds is 4. The van der Waals surface area contributed by atoms with Crippen LogP contribution in [0.15, 0.2) is 42.1 Å². The normalized spacial score (nSPS) is 21.0. The van der Waals surface area contributed by atoms with Gasteiger partial charge in [-0.1, -0.05) is 30.3 Å². The molecular formula is C23H22N2O3S. The highest BCUT2D eigenvalue weighted by molar-refractivity contribution is 7.16. The van der Waals surface area contributed by atoms with Gasteiger partial charge in [-0.25, -0.2) is 0 Å². The number of thiophene rings is 1. The first-order valence-electron chi connectivity index (χ1n) is 9.81. The minimum Gasteiger partial charge on any atom is -0.468 e. The second kappa shape index (κ2) is 8.22. The maximum Gasteiger partial charge on any atom is 0.317 e. The van der Waals surface area contributed by atoms with E-state index in [1.807, 2.05) is 30.3 Å². The van der Waals surface area contributed by atoms with Gasteiger partial charge in [-0.15, -0.1) is 11.3 Å². The molecule has 2 aliphatic carbocycles. The molecule has 0 radical (unpaired) electrons. The molecular weight excluding hydrogens is 384 g/mol. The number of anilines is 1. The van der Waals surface area contributed by atoms with Gasteiger partial charge >= 0.3 is 5.97 Å². The summed E-state index contributed by atoms with van der Waals surface area (Å²) in [7, 11) is 1.31. The first kappa shape index (κ1) is 19.4. The minimum atomic E-state index is -0.847. The molecule has 1 heterocycles. The highest BCUT2D eigenvalue weighted by atomic mass is 32.1. The van der Waals surface area contributed by atoms with Crippen LogP contribution in [0.5, 0.6) is 0 Å². The number of hydrogen-bond acceptors (Lipinski definition) is 6. The third-order valence-corrected chi connectivity index (χ3v) is 6.91.